The largest absolute Gasteiger partial charge is 0.330 e. The molecule has 0 atom stereocenters. The third kappa shape index (κ3) is 2.09. The van der Waals surface area contributed by atoms with Gasteiger partial charge in [-0.15, -0.1) is 0 Å². The predicted molar refractivity (Wildman–Crippen MR) is 62.2 cm³/mol. The third-order valence-electron chi connectivity index (χ3n) is 2.69. The van der Waals surface area contributed by atoms with Crippen molar-refractivity contribution in [1.29, 1.82) is 0 Å². The Morgan fingerprint density at radius 1 is 1.38 bits per heavy atom. The lowest BCUT2D eigenvalue weighted by Gasteiger charge is -2.07. The molecule has 0 radical (unpaired) electrons. The van der Waals surface area contributed by atoms with Crippen LogP contribution in [0.1, 0.15) is 17.0 Å². The SMILES string of the molecule is Cc1ncn(Cc2cc(F)ccc2Cl)c1C. The highest BCUT2D eigenvalue weighted by atomic mass is 35.5. The van der Waals surface area contributed by atoms with E-state index in [9.17, 15) is 4.39 Å². The van der Waals surface area contributed by atoms with Crippen LogP contribution >= 0.6 is 11.6 Å². The van der Waals surface area contributed by atoms with Gasteiger partial charge in [-0.2, -0.15) is 0 Å². The van der Waals surface area contributed by atoms with Crippen molar-refractivity contribution in [2.45, 2.75) is 20.4 Å². The number of aryl methyl sites for hydroxylation is 1. The third-order valence-corrected chi connectivity index (χ3v) is 3.06. The van der Waals surface area contributed by atoms with Gasteiger partial charge in [0.2, 0.25) is 0 Å². The van der Waals surface area contributed by atoms with Gasteiger partial charge < -0.3 is 4.57 Å². The summed E-state index contributed by atoms with van der Waals surface area (Å²) in [6, 6.07) is 4.39. The molecule has 1 heterocycles. The number of imidazole rings is 1. The zero-order chi connectivity index (χ0) is 11.7. The summed E-state index contributed by atoms with van der Waals surface area (Å²) >= 11 is 6.00. The molecule has 0 spiro atoms. The fourth-order valence-corrected chi connectivity index (χ4v) is 1.73. The van der Waals surface area contributed by atoms with Gasteiger partial charge in [0, 0.05) is 10.7 Å². The van der Waals surface area contributed by atoms with Crippen molar-refractivity contribution >= 4 is 11.6 Å². The van der Waals surface area contributed by atoms with Crippen LogP contribution < -0.4 is 0 Å². The number of hydrogen-bond acceptors (Lipinski definition) is 1. The van der Waals surface area contributed by atoms with Crippen molar-refractivity contribution < 1.29 is 4.39 Å². The number of hydrogen-bond donors (Lipinski definition) is 0. The van der Waals surface area contributed by atoms with Crippen LogP contribution in [0.5, 0.6) is 0 Å². The first-order valence-electron chi connectivity index (χ1n) is 5.00. The maximum Gasteiger partial charge on any atom is 0.123 e. The topological polar surface area (TPSA) is 17.8 Å². The lowest BCUT2D eigenvalue weighted by atomic mass is 10.2. The van der Waals surface area contributed by atoms with Crippen LogP contribution in [0.2, 0.25) is 5.02 Å². The Balaban J connectivity index is 2.33. The second kappa shape index (κ2) is 4.26. The van der Waals surface area contributed by atoms with E-state index in [0.29, 0.717) is 11.6 Å². The molecule has 0 aliphatic heterocycles. The number of nitrogens with zero attached hydrogens (tertiary/aromatic N) is 2. The van der Waals surface area contributed by atoms with Crippen molar-refractivity contribution in [2.75, 3.05) is 0 Å². The fourth-order valence-electron chi connectivity index (χ4n) is 1.55. The average molecular weight is 239 g/mol. The maximum atomic E-state index is 13.1. The smallest absolute Gasteiger partial charge is 0.123 e. The molecule has 0 unspecified atom stereocenters. The molecule has 0 aliphatic rings. The van der Waals surface area contributed by atoms with Gasteiger partial charge >= 0.3 is 0 Å². The van der Waals surface area contributed by atoms with E-state index in [0.717, 1.165) is 17.0 Å². The van der Waals surface area contributed by atoms with E-state index in [1.54, 1.807) is 12.4 Å². The minimum absolute atomic E-state index is 0.270. The van der Waals surface area contributed by atoms with E-state index in [2.05, 4.69) is 4.98 Å². The van der Waals surface area contributed by atoms with Crippen LogP contribution in [-0.2, 0) is 6.54 Å². The van der Waals surface area contributed by atoms with E-state index in [1.165, 1.54) is 12.1 Å². The van der Waals surface area contributed by atoms with Crippen LogP contribution in [-0.4, -0.2) is 9.55 Å². The molecule has 1 aromatic carbocycles. The Morgan fingerprint density at radius 3 is 2.75 bits per heavy atom. The summed E-state index contributed by atoms with van der Waals surface area (Å²) in [6.45, 7) is 4.47. The summed E-state index contributed by atoms with van der Waals surface area (Å²) in [5.74, 6) is -0.270. The van der Waals surface area contributed by atoms with Crippen LogP contribution in [0.4, 0.5) is 4.39 Å². The van der Waals surface area contributed by atoms with E-state index in [4.69, 9.17) is 11.6 Å². The Bertz CT molecular complexity index is 520. The molecule has 1 aromatic heterocycles. The second-order valence-electron chi connectivity index (χ2n) is 3.78. The van der Waals surface area contributed by atoms with Gasteiger partial charge in [-0.3, -0.25) is 0 Å². The van der Waals surface area contributed by atoms with E-state index in [1.807, 2.05) is 18.4 Å². The average Bonchev–Trinajstić information content (AvgIpc) is 2.55. The summed E-state index contributed by atoms with van der Waals surface area (Å²) in [5.41, 5.74) is 2.81. The molecule has 84 valence electrons. The highest BCUT2D eigenvalue weighted by molar-refractivity contribution is 6.31. The summed E-state index contributed by atoms with van der Waals surface area (Å²) in [4.78, 5) is 4.19. The van der Waals surface area contributed by atoms with Crippen LogP contribution in [0.15, 0.2) is 24.5 Å². The highest BCUT2D eigenvalue weighted by Gasteiger charge is 2.06. The van der Waals surface area contributed by atoms with Crippen LogP contribution in [0, 0.1) is 19.7 Å². The van der Waals surface area contributed by atoms with E-state index in [-0.39, 0.29) is 5.82 Å². The molecular formula is C12H12ClFN2. The lowest BCUT2D eigenvalue weighted by molar-refractivity contribution is 0.623. The molecule has 16 heavy (non-hydrogen) atoms. The molecule has 2 rings (SSSR count). The van der Waals surface area contributed by atoms with Crippen LogP contribution in [0.3, 0.4) is 0 Å². The van der Waals surface area contributed by atoms with Crippen molar-refractivity contribution in [3.8, 4) is 0 Å². The Labute approximate surface area is 98.7 Å². The molecule has 0 bridgehead atoms. The first-order valence-corrected chi connectivity index (χ1v) is 5.38. The quantitative estimate of drug-likeness (QED) is 0.785. The molecule has 4 heteroatoms. The predicted octanol–water partition coefficient (Wildman–Crippen LogP) is 3.34. The molecule has 0 N–H and O–H groups in total. The van der Waals surface area contributed by atoms with Gasteiger partial charge in [0.1, 0.15) is 5.82 Å². The van der Waals surface area contributed by atoms with Gasteiger partial charge in [0.15, 0.2) is 0 Å². The Hall–Kier alpha value is -1.35. The standard InChI is InChI=1S/C12H12ClFN2/c1-8-9(2)16(7-15-8)6-10-5-11(14)3-4-12(10)13/h3-5,7H,6H2,1-2H3. The molecular weight excluding hydrogens is 227 g/mol. The van der Waals surface area contributed by atoms with Crippen molar-refractivity contribution in [3.05, 3.63) is 52.3 Å². The summed E-state index contributed by atoms with van der Waals surface area (Å²) in [6.07, 6.45) is 1.74. The van der Waals surface area contributed by atoms with Gasteiger partial charge in [0.25, 0.3) is 0 Å². The number of aromatic nitrogens is 2. The van der Waals surface area contributed by atoms with Gasteiger partial charge in [-0.25, -0.2) is 9.37 Å². The maximum absolute atomic E-state index is 13.1. The van der Waals surface area contributed by atoms with Crippen molar-refractivity contribution in [1.82, 2.24) is 9.55 Å². The summed E-state index contributed by atoms with van der Waals surface area (Å²) in [7, 11) is 0. The number of benzene rings is 1. The molecule has 0 saturated carbocycles. The molecule has 0 aliphatic carbocycles. The van der Waals surface area contributed by atoms with Gasteiger partial charge in [0.05, 0.1) is 18.6 Å². The molecule has 0 amide bonds. The van der Waals surface area contributed by atoms with E-state index >= 15 is 0 Å². The van der Waals surface area contributed by atoms with E-state index < -0.39 is 0 Å². The molecule has 0 saturated heterocycles. The zero-order valence-electron chi connectivity index (χ0n) is 9.17. The highest BCUT2D eigenvalue weighted by Crippen LogP contribution is 2.19. The lowest BCUT2D eigenvalue weighted by Crippen LogP contribution is -2.01. The summed E-state index contributed by atoms with van der Waals surface area (Å²) < 4.78 is 15.0. The monoisotopic (exact) mass is 238 g/mol. The number of rotatable bonds is 2. The fraction of sp³-hybridized carbons (Fsp3) is 0.250. The normalized spacial score (nSPS) is 10.8. The minimum Gasteiger partial charge on any atom is -0.330 e. The molecule has 2 aromatic rings. The first kappa shape index (κ1) is 11.1. The first-order chi connectivity index (χ1) is 7.58. The van der Waals surface area contributed by atoms with Crippen molar-refractivity contribution in [3.63, 3.8) is 0 Å². The van der Waals surface area contributed by atoms with Gasteiger partial charge in [-0.1, -0.05) is 11.6 Å². The zero-order valence-corrected chi connectivity index (χ0v) is 9.92. The Morgan fingerprint density at radius 2 is 2.12 bits per heavy atom. The van der Waals surface area contributed by atoms with Crippen molar-refractivity contribution in [2.24, 2.45) is 0 Å². The summed E-state index contributed by atoms with van der Waals surface area (Å²) in [5, 5.41) is 0.576. The second-order valence-corrected chi connectivity index (χ2v) is 4.19. The number of halogens is 2. The molecule has 0 fully saturated rings. The Kier molecular flexibility index (Phi) is 2.97. The molecule has 2 nitrogen and oxygen atoms in total. The van der Waals surface area contributed by atoms with Crippen LogP contribution in [0.25, 0.3) is 0 Å². The van der Waals surface area contributed by atoms with Gasteiger partial charge in [-0.05, 0) is 37.6 Å². The minimum atomic E-state index is -0.270.